The lowest BCUT2D eigenvalue weighted by Crippen LogP contribution is -2.02. The van der Waals surface area contributed by atoms with Gasteiger partial charge in [0.25, 0.3) is 0 Å². The van der Waals surface area contributed by atoms with E-state index in [1.165, 1.54) is 0 Å². The van der Waals surface area contributed by atoms with Gasteiger partial charge in [0.15, 0.2) is 0 Å². The predicted octanol–water partition coefficient (Wildman–Crippen LogP) is 3.43. The molecule has 5 heteroatoms. The molecule has 2 aromatic heterocycles. The first-order valence-corrected chi connectivity index (χ1v) is 6.82. The highest BCUT2D eigenvalue weighted by Crippen LogP contribution is 2.25. The van der Waals surface area contributed by atoms with Crippen LogP contribution in [0.3, 0.4) is 0 Å². The minimum Gasteiger partial charge on any atom is -0.357 e. The minimum atomic E-state index is 0.599. The van der Waals surface area contributed by atoms with Gasteiger partial charge >= 0.3 is 0 Å². The van der Waals surface area contributed by atoms with E-state index in [-0.39, 0.29) is 0 Å². The summed E-state index contributed by atoms with van der Waals surface area (Å²) in [5, 5.41) is 7.40. The third-order valence-corrected chi connectivity index (χ3v) is 3.20. The Kier molecular flexibility index (Phi) is 3.39. The Labute approximate surface area is 123 Å². The Morgan fingerprint density at radius 2 is 1.76 bits per heavy atom. The molecule has 0 saturated carbocycles. The van der Waals surface area contributed by atoms with Crippen LogP contribution < -0.4 is 10.6 Å². The van der Waals surface area contributed by atoms with E-state index in [1.54, 1.807) is 7.05 Å². The van der Waals surface area contributed by atoms with E-state index in [0.717, 1.165) is 33.8 Å². The summed E-state index contributed by atoms with van der Waals surface area (Å²) >= 11 is 0. The van der Waals surface area contributed by atoms with Gasteiger partial charge in [0.2, 0.25) is 5.95 Å². The van der Waals surface area contributed by atoms with Crippen molar-refractivity contribution < 1.29 is 0 Å². The highest BCUT2D eigenvalue weighted by molar-refractivity contribution is 5.91. The molecule has 106 valence electrons. The van der Waals surface area contributed by atoms with E-state index in [1.807, 2.05) is 38.1 Å². The van der Waals surface area contributed by atoms with Gasteiger partial charge in [-0.1, -0.05) is 18.2 Å². The summed E-state index contributed by atoms with van der Waals surface area (Å²) in [5.41, 5.74) is 3.78. The molecule has 0 aliphatic carbocycles. The Balaban J connectivity index is 2.05. The molecule has 0 saturated heterocycles. The van der Waals surface area contributed by atoms with Crippen LogP contribution in [0, 0.1) is 13.8 Å². The van der Waals surface area contributed by atoms with Gasteiger partial charge in [0.1, 0.15) is 5.82 Å². The molecule has 3 rings (SSSR count). The zero-order chi connectivity index (χ0) is 14.8. The van der Waals surface area contributed by atoms with Gasteiger partial charge in [-0.05, 0) is 26.0 Å². The summed E-state index contributed by atoms with van der Waals surface area (Å²) in [6.45, 7) is 3.93. The molecule has 1 aromatic carbocycles. The molecule has 2 heterocycles. The lowest BCUT2D eigenvalue weighted by Gasteiger charge is -2.10. The average Bonchev–Trinajstić information content (AvgIpc) is 2.47. The fourth-order valence-corrected chi connectivity index (χ4v) is 2.23. The first kappa shape index (κ1) is 13.3. The summed E-state index contributed by atoms with van der Waals surface area (Å²) in [6, 6.07) is 12.1. The van der Waals surface area contributed by atoms with Crippen LogP contribution in [0.15, 0.2) is 36.4 Å². The topological polar surface area (TPSA) is 62.7 Å². The van der Waals surface area contributed by atoms with E-state index in [0.29, 0.717) is 5.95 Å². The number of aryl methyl sites for hydroxylation is 2. The van der Waals surface area contributed by atoms with Gasteiger partial charge in [0, 0.05) is 29.9 Å². The standard InChI is InChI=1S/C16H17N5/c1-10-7-8-12-5-4-6-13(15(12)18-10)20-14-9-11(2)19-16(17-3)21-14/h4-9H,1-3H3,(H2,17,19,20,21). The largest absolute Gasteiger partial charge is 0.357 e. The molecular weight excluding hydrogens is 262 g/mol. The second-order valence-corrected chi connectivity index (χ2v) is 4.92. The number of hydrogen-bond donors (Lipinski definition) is 2. The summed E-state index contributed by atoms with van der Waals surface area (Å²) in [7, 11) is 1.81. The summed E-state index contributed by atoms with van der Waals surface area (Å²) in [5.74, 6) is 1.35. The van der Waals surface area contributed by atoms with Crippen molar-refractivity contribution in [2.75, 3.05) is 17.7 Å². The maximum atomic E-state index is 4.62. The van der Waals surface area contributed by atoms with Crippen molar-refractivity contribution in [1.82, 2.24) is 15.0 Å². The molecule has 0 aliphatic heterocycles. The number of anilines is 3. The second-order valence-electron chi connectivity index (χ2n) is 4.92. The number of benzene rings is 1. The van der Waals surface area contributed by atoms with Crippen LogP contribution in [0.1, 0.15) is 11.4 Å². The van der Waals surface area contributed by atoms with Crippen LogP contribution >= 0.6 is 0 Å². The zero-order valence-corrected chi connectivity index (χ0v) is 12.3. The normalized spacial score (nSPS) is 10.6. The Morgan fingerprint density at radius 1 is 0.905 bits per heavy atom. The van der Waals surface area contributed by atoms with Crippen LogP contribution in [0.25, 0.3) is 10.9 Å². The quantitative estimate of drug-likeness (QED) is 0.769. The lowest BCUT2D eigenvalue weighted by molar-refractivity contribution is 1.10. The summed E-state index contributed by atoms with van der Waals surface area (Å²) in [6.07, 6.45) is 0. The first-order valence-electron chi connectivity index (χ1n) is 6.82. The molecule has 0 bridgehead atoms. The SMILES string of the molecule is CNc1nc(C)cc(Nc2cccc3ccc(C)nc23)n1. The van der Waals surface area contributed by atoms with Crippen LogP contribution in [0.5, 0.6) is 0 Å². The molecular formula is C16H17N5. The number of para-hydroxylation sites is 1. The summed E-state index contributed by atoms with van der Waals surface area (Å²) in [4.78, 5) is 13.3. The van der Waals surface area contributed by atoms with Gasteiger partial charge in [0.05, 0.1) is 11.2 Å². The number of nitrogens with zero attached hydrogens (tertiary/aromatic N) is 3. The van der Waals surface area contributed by atoms with E-state index >= 15 is 0 Å². The molecule has 0 radical (unpaired) electrons. The van der Waals surface area contributed by atoms with E-state index < -0.39 is 0 Å². The average molecular weight is 279 g/mol. The monoisotopic (exact) mass is 279 g/mol. The van der Waals surface area contributed by atoms with Crippen molar-refractivity contribution in [2.45, 2.75) is 13.8 Å². The van der Waals surface area contributed by atoms with Crippen LogP contribution in [-0.4, -0.2) is 22.0 Å². The van der Waals surface area contributed by atoms with Crippen LogP contribution in [-0.2, 0) is 0 Å². The highest BCUT2D eigenvalue weighted by atomic mass is 15.1. The number of hydrogen-bond acceptors (Lipinski definition) is 5. The third kappa shape index (κ3) is 2.76. The maximum absolute atomic E-state index is 4.62. The van der Waals surface area contributed by atoms with E-state index in [9.17, 15) is 0 Å². The van der Waals surface area contributed by atoms with Crippen molar-refractivity contribution in [3.05, 3.63) is 47.8 Å². The van der Waals surface area contributed by atoms with Crippen molar-refractivity contribution in [2.24, 2.45) is 0 Å². The van der Waals surface area contributed by atoms with Crippen molar-refractivity contribution >= 4 is 28.4 Å². The lowest BCUT2D eigenvalue weighted by atomic mass is 10.1. The Morgan fingerprint density at radius 3 is 2.57 bits per heavy atom. The molecule has 21 heavy (non-hydrogen) atoms. The molecule has 0 atom stereocenters. The molecule has 0 spiro atoms. The fourth-order valence-electron chi connectivity index (χ4n) is 2.23. The minimum absolute atomic E-state index is 0.599. The molecule has 0 fully saturated rings. The molecule has 2 N–H and O–H groups in total. The number of fused-ring (bicyclic) bond motifs is 1. The molecule has 0 unspecified atom stereocenters. The maximum Gasteiger partial charge on any atom is 0.224 e. The van der Waals surface area contributed by atoms with Gasteiger partial charge in [-0.3, -0.25) is 4.98 Å². The van der Waals surface area contributed by atoms with Gasteiger partial charge in [-0.2, -0.15) is 4.98 Å². The van der Waals surface area contributed by atoms with Crippen molar-refractivity contribution in [3.63, 3.8) is 0 Å². The number of aromatic nitrogens is 3. The fraction of sp³-hybridized carbons (Fsp3) is 0.188. The number of nitrogens with one attached hydrogen (secondary N) is 2. The zero-order valence-electron chi connectivity index (χ0n) is 12.3. The molecule has 0 aliphatic rings. The Hall–Kier alpha value is -2.69. The van der Waals surface area contributed by atoms with Gasteiger partial charge < -0.3 is 10.6 Å². The van der Waals surface area contributed by atoms with E-state index in [4.69, 9.17) is 0 Å². The van der Waals surface area contributed by atoms with Crippen LogP contribution in [0.4, 0.5) is 17.5 Å². The highest BCUT2D eigenvalue weighted by Gasteiger charge is 2.06. The Bertz CT molecular complexity index is 798. The van der Waals surface area contributed by atoms with E-state index in [2.05, 4.69) is 37.7 Å². The molecule has 5 nitrogen and oxygen atoms in total. The summed E-state index contributed by atoms with van der Waals surface area (Å²) < 4.78 is 0. The number of pyridine rings is 1. The molecule has 3 aromatic rings. The number of rotatable bonds is 3. The second kappa shape index (κ2) is 5.36. The predicted molar refractivity (Wildman–Crippen MR) is 86.1 cm³/mol. The van der Waals surface area contributed by atoms with Crippen LogP contribution in [0.2, 0.25) is 0 Å². The third-order valence-electron chi connectivity index (χ3n) is 3.20. The first-order chi connectivity index (χ1) is 10.2. The van der Waals surface area contributed by atoms with Gasteiger partial charge in [-0.25, -0.2) is 4.98 Å². The van der Waals surface area contributed by atoms with Gasteiger partial charge in [-0.15, -0.1) is 0 Å². The molecule has 0 amide bonds. The van der Waals surface area contributed by atoms with Crippen molar-refractivity contribution in [3.8, 4) is 0 Å². The smallest absolute Gasteiger partial charge is 0.224 e. The van der Waals surface area contributed by atoms with Crippen molar-refractivity contribution in [1.29, 1.82) is 0 Å².